The summed E-state index contributed by atoms with van der Waals surface area (Å²) in [4.78, 5) is 3.92. The summed E-state index contributed by atoms with van der Waals surface area (Å²) in [5, 5.41) is 5.99. The summed E-state index contributed by atoms with van der Waals surface area (Å²) in [7, 11) is 0. The van der Waals surface area contributed by atoms with Crippen molar-refractivity contribution in [2.24, 2.45) is 0 Å². The maximum atomic E-state index is 3.58. The van der Waals surface area contributed by atoms with Crippen LogP contribution >= 0.6 is 34.0 Å². The molecule has 0 aromatic rings. The minimum Gasteiger partial charge on any atom is -0.372 e. The predicted octanol–water partition coefficient (Wildman–Crippen LogP) is 2.08. The van der Waals surface area contributed by atoms with E-state index in [0.717, 1.165) is 13.3 Å². The summed E-state index contributed by atoms with van der Waals surface area (Å²) in [5.41, 5.74) is 0. The second kappa shape index (κ2) is 10.6. The number of rotatable bonds is 2. The van der Waals surface area contributed by atoms with E-state index in [2.05, 4.69) is 23.8 Å². The van der Waals surface area contributed by atoms with Crippen LogP contribution in [0.2, 0.25) is 0 Å². The van der Waals surface area contributed by atoms with Crippen molar-refractivity contribution < 1.29 is 0 Å². The molecule has 0 aliphatic carbocycles. The monoisotopic (exact) mass is 352 g/mol. The van der Waals surface area contributed by atoms with Gasteiger partial charge in [-0.15, -0.1) is 34.0 Å². The lowest BCUT2D eigenvalue weighted by molar-refractivity contribution is 0.525. The van der Waals surface area contributed by atoms with Crippen LogP contribution in [-0.4, -0.2) is 23.1 Å². The number of nitrogens with one attached hydrogen (secondary N) is 2. The molecule has 16 heavy (non-hydrogen) atoms. The summed E-state index contributed by atoms with van der Waals surface area (Å²) in [6.45, 7) is 8.88. The molecule has 0 atom stereocenters. The van der Waals surface area contributed by atoms with Crippen molar-refractivity contribution in [1.29, 1.82) is 0 Å². The standard InChI is InChI=1S/2C5H8N2.2BrH/c2*1-2-7-4-3-6-5-7;;/h2*2-4,6H,1,5H2;2*1H. The number of nitrogens with zero attached hydrogens (tertiary/aromatic N) is 2. The third-order valence-electron chi connectivity index (χ3n) is 1.78. The van der Waals surface area contributed by atoms with Crippen LogP contribution < -0.4 is 10.6 Å². The van der Waals surface area contributed by atoms with Crippen LogP contribution in [0.15, 0.2) is 50.4 Å². The van der Waals surface area contributed by atoms with E-state index in [1.807, 2.05) is 34.6 Å². The Labute approximate surface area is 118 Å². The molecule has 4 nitrogen and oxygen atoms in total. The Kier molecular flexibility index (Phi) is 11.6. The zero-order chi connectivity index (χ0) is 10.2. The molecule has 0 aromatic heterocycles. The molecule has 92 valence electrons. The molecular weight excluding hydrogens is 336 g/mol. The summed E-state index contributed by atoms with van der Waals surface area (Å²) in [5.74, 6) is 0. The lowest BCUT2D eigenvalue weighted by atomic mass is 10.8. The van der Waals surface area contributed by atoms with Crippen LogP contribution in [-0.2, 0) is 0 Å². The van der Waals surface area contributed by atoms with E-state index in [1.54, 1.807) is 12.4 Å². The van der Waals surface area contributed by atoms with Crippen LogP contribution in [0.3, 0.4) is 0 Å². The van der Waals surface area contributed by atoms with Gasteiger partial charge in [-0.2, -0.15) is 0 Å². The van der Waals surface area contributed by atoms with Gasteiger partial charge in [-0.1, -0.05) is 13.2 Å². The van der Waals surface area contributed by atoms with Crippen molar-refractivity contribution in [3.8, 4) is 0 Å². The fourth-order valence-electron chi connectivity index (χ4n) is 0.969. The smallest absolute Gasteiger partial charge is 0.0910 e. The molecule has 0 fully saturated rings. The highest BCUT2D eigenvalue weighted by molar-refractivity contribution is 8.93. The Morgan fingerprint density at radius 1 is 0.875 bits per heavy atom. The largest absolute Gasteiger partial charge is 0.372 e. The summed E-state index contributed by atoms with van der Waals surface area (Å²) >= 11 is 0. The van der Waals surface area contributed by atoms with E-state index in [0.29, 0.717) is 0 Å². The van der Waals surface area contributed by atoms with E-state index in [9.17, 15) is 0 Å². The van der Waals surface area contributed by atoms with Gasteiger partial charge in [0.25, 0.3) is 0 Å². The minimum absolute atomic E-state index is 0. The first kappa shape index (κ1) is 17.5. The maximum Gasteiger partial charge on any atom is 0.0910 e. The van der Waals surface area contributed by atoms with E-state index in [4.69, 9.17) is 0 Å². The molecule has 0 saturated heterocycles. The van der Waals surface area contributed by atoms with Gasteiger partial charge in [-0.05, 0) is 12.4 Å². The predicted molar refractivity (Wildman–Crippen MR) is 79.0 cm³/mol. The molecule has 6 heteroatoms. The minimum atomic E-state index is 0. The Bertz CT molecular complexity index is 227. The summed E-state index contributed by atoms with van der Waals surface area (Å²) < 4.78 is 0. The average Bonchev–Trinajstić information content (AvgIpc) is 2.92. The van der Waals surface area contributed by atoms with E-state index >= 15 is 0 Å². The van der Waals surface area contributed by atoms with Gasteiger partial charge in [0.1, 0.15) is 0 Å². The zero-order valence-electron chi connectivity index (χ0n) is 9.00. The first-order valence-electron chi connectivity index (χ1n) is 4.43. The molecule has 0 spiro atoms. The molecule has 0 bridgehead atoms. The van der Waals surface area contributed by atoms with Crippen molar-refractivity contribution in [2.45, 2.75) is 0 Å². The van der Waals surface area contributed by atoms with Gasteiger partial charge in [0.2, 0.25) is 0 Å². The number of hydrogen-bond donors (Lipinski definition) is 2. The average molecular weight is 354 g/mol. The van der Waals surface area contributed by atoms with E-state index in [1.165, 1.54) is 0 Å². The maximum absolute atomic E-state index is 3.58. The SMILES string of the molecule is Br.Br.C=CN1C=CNC1.C=CN1C=CNC1. The first-order valence-corrected chi connectivity index (χ1v) is 4.43. The van der Waals surface area contributed by atoms with Crippen LogP contribution in [0.4, 0.5) is 0 Å². The Balaban J connectivity index is 0. The molecule has 2 aliphatic heterocycles. The van der Waals surface area contributed by atoms with Crippen molar-refractivity contribution >= 4 is 34.0 Å². The quantitative estimate of drug-likeness (QED) is 0.795. The van der Waals surface area contributed by atoms with Crippen LogP contribution in [0.25, 0.3) is 0 Å². The third kappa shape index (κ3) is 6.58. The van der Waals surface area contributed by atoms with Crippen molar-refractivity contribution in [1.82, 2.24) is 20.4 Å². The zero-order valence-corrected chi connectivity index (χ0v) is 12.4. The highest BCUT2D eigenvalue weighted by Gasteiger charge is 1.94. The molecule has 0 amide bonds. The Morgan fingerprint density at radius 2 is 1.25 bits per heavy atom. The fourth-order valence-corrected chi connectivity index (χ4v) is 0.969. The summed E-state index contributed by atoms with van der Waals surface area (Å²) in [6, 6.07) is 0. The van der Waals surface area contributed by atoms with Gasteiger partial charge >= 0.3 is 0 Å². The molecule has 2 N–H and O–H groups in total. The van der Waals surface area contributed by atoms with Gasteiger partial charge in [0, 0.05) is 24.8 Å². The molecule has 2 aliphatic rings. The Morgan fingerprint density at radius 3 is 1.38 bits per heavy atom. The first-order chi connectivity index (χ1) is 6.86. The molecule has 0 radical (unpaired) electrons. The second-order valence-electron chi connectivity index (χ2n) is 2.75. The molecule has 0 saturated carbocycles. The fraction of sp³-hybridized carbons (Fsp3) is 0.200. The van der Waals surface area contributed by atoms with Crippen LogP contribution in [0.1, 0.15) is 0 Å². The molecular formula is C10H18Br2N4. The van der Waals surface area contributed by atoms with Crippen LogP contribution in [0, 0.1) is 0 Å². The second-order valence-corrected chi connectivity index (χ2v) is 2.75. The molecule has 0 unspecified atom stereocenters. The van der Waals surface area contributed by atoms with Crippen molar-refractivity contribution in [3.05, 3.63) is 50.4 Å². The van der Waals surface area contributed by atoms with E-state index in [-0.39, 0.29) is 34.0 Å². The normalized spacial score (nSPS) is 14.8. The number of halogens is 2. The third-order valence-corrected chi connectivity index (χ3v) is 1.78. The lowest BCUT2D eigenvalue weighted by Gasteiger charge is -2.04. The number of hydrogen-bond acceptors (Lipinski definition) is 4. The van der Waals surface area contributed by atoms with Crippen LogP contribution in [0.5, 0.6) is 0 Å². The molecule has 2 heterocycles. The van der Waals surface area contributed by atoms with Crippen molar-refractivity contribution in [2.75, 3.05) is 13.3 Å². The highest BCUT2D eigenvalue weighted by Crippen LogP contribution is 1.92. The van der Waals surface area contributed by atoms with Gasteiger partial charge in [0.05, 0.1) is 13.3 Å². The van der Waals surface area contributed by atoms with Gasteiger partial charge in [-0.3, -0.25) is 0 Å². The molecule has 0 aromatic carbocycles. The molecule has 2 rings (SSSR count). The van der Waals surface area contributed by atoms with Crippen molar-refractivity contribution in [3.63, 3.8) is 0 Å². The van der Waals surface area contributed by atoms with Gasteiger partial charge < -0.3 is 20.4 Å². The summed E-state index contributed by atoms with van der Waals surface area (Å²) in [6.07, 6.45) is 11.2. The van der Waals surface area contributed by atoms with Gasteiger partial charge in [0.15, 0.2) is 0 Å². The lowest BCUT2D eigenvalue weighted by Crippen LogP contribution is -2.13. The Hall–Kier alpha value is -0.880. The highest BCUT2D eigenvalue weighted by atomic mass is 79.9. The topological polar surface area (TPSA) is 30.5 Å². The van der Waals surface area contributed by atoms with E-state index < -0.39 is 0 Å². The van der Waals surface area contributed by atoms with Gasteiger partial charge in [-0.25, -0.2) is 0 Å².